The van der Waals surface area contributed by atoms with E-state index in [4.69, 9.17) is 19.3 Å². The summed E-state index contributed by atoms with van der Waals surface area (Å²) in [5.41, 5.74) is 3.77. The Hall–Kier alpha value is -4.00. The van der Waals surface area contributed by atoms with Gasteiger partial charge in [-0.2, -0.15) is 5.10 Å². The molecule has 2 saturated heterocycles. The Kier molecular flexibility index (Phi) is 8.59. The van der Waals surface area contributed by atoms with Crippen LogP contribution in [0.15, 0.2) is 65.7 Å². The molecule has 0 aliphatic carbocycles. The molecule has 2 aromatic heterocycles. The van der Waals surface area contributed by atoms with Crippen molar-refractivity contribution in [1.82, 2.24) is 24.4 Å². The summed E-state index contributed by atoms with van der Waals surface area (Å²) in [5, 5.41) is 4.84. The van der Waals surface area contributed by atoms with E-state index < -0.39 is 9.84 Å². The first-order valence-electron chi connectivity index (χ1n) is 14.5. The number of sulfone groups is 1. The van der Waals surface area contributed by atoms with Crippen LogP contribution < -0.4 is 9.47 Å². The number of hydrogen-bond acceptors (Lipinski definition) is 9. The molecule has 12 heteroatoms. The molecule has 6 rings (SSSR count). The number of nitrogens with zero attached hydrogens (tertiary/aromatic N) is 5. The second-order valence-electron chi connectivity index (χ2n) is 10.6. The molecule has 0 radical (unpaired) electrons. The van der Waals surface area contributed by atoms with Crippen LogP contribution in [0, 0.1) is 0 Å². The minimum Gasteiger partial charge on any atom is -0.493 e. The standard InChI is InChI=1S/C31H35N5O6S/c1-40-29-21-24(6-10-28(29)42-19-15-35-12-2-3-31(35)37)26-9-11-30-32-22-27(36(30)33-26)23-4-7-25(8-5-23)43(38,39)20-16-34-13-17-41-18-14-34/h4-11,21-22H,2-3,12-20H2,1H3. The Labute approximate surface area is 250 Å². The molecule has 0 saturated carbocycles. The number of morpholine rings is 1. The van der Waals surface area contributed by atoms with Crippen molar-refractivity contribution in [3.63, 3.8) is 0 Å². The van der Waals surface area contributed by atoms with E-state index in [-0.39, 0.29) is 11.7 Å². The number of methoxy groups -OCH3 is 1. The van der Waals surface area contributed by atoms with Crippen LogP contribution in [0.1, 0.15) is 12.8 Å². The second-order valence-corrected chi connectivity index (χ2v) is 12.7. The van der Waals surface area contributed by atoms with Crippen molar-refractivity contribution in [2.75, 3.05) is 65.4 Å². The lowest BCUT2D eigenvalue weighted by atomic mass is 10.1. The van der Waals surface area contributed by atoms with E-state index >= 15 is 0 Å². The number of ether oxygens (including phenoxy) is 3. The van der Waals surface area contributed by atoms with Gasteiger partial charge >= 0.3 is 0 Å². The van der Waals surface area contributed by atoms with Crippen molar-refractivity contribution < 1.29 is 27.4 Å². The molecule has 0 spiro atoms. The molecule has 2 aliphatic rings. The van der Waals surface area contributed by atoms with Crippen molar-refractivity contribution in [3.05, 3.63) is 60.8 Å². The average Bonchev–Trinajstić information content (AvgIpc) is 3.66. The molecule has 11 nitrogen and oxygen atoms in total. The highest BCUT2D eigenvalue weighted by Gasteiger charge is 2.21. The number of benzene rings is 2. The second kappa shape index (κ2) is 12.7. The van der Waals surface area contributed by atoms with Crippen molar-refractivity contribution in [3.8, 4) is 34.0 Å². The van der Waals surface area contributed by atoms with Gasteiger partial charge < -0.3 is 19.1 Å². The highest BCUT2D eigenvalue weighted by atomic mass is 32.2. The van der Waals surface area contributed by atoms with Gasteiger partial charge in [-0.3, -0.25) is 9.69 Å². The lowest BCUT2D eigenvalue weighted by Gasteiger charge is -2.26. The summed E-state index contributed by atoms with van der Waals surface area (Å²) in [7, 11) is -1.82. The molecule has 1 amide bonds. The molecule has 2 aromatic carbocycles. The van der Waals surface area contributed by atoms with Gasteiger partial charge in [-0.15, -0.1) is 0 Å². The SMILES string of the molecule is COc1cc(-c2ccc3ncc(-c4ccc(S(=O)(=O)CCN5CCOCC5)cc4)n3n2)ccc1OCCN1CCCC1=O. The van der Waals surface area contributed by atoms with Crippen molar-refractivity contribution >= 4 is 21.4 Å². The van der Waals surface area contributed by atoms with Crippen LogP contribution in [0.2, 0.25) is 0 Å². The summed E-state index contributed by atoms with van der Waals surface area (Å²) >= 11 is 0. The van der Waals surface area contributed by atoms with Crippen LogP contribution in [-0.2, 0) is 19.4 Å². The van der Waals surface area contributed by atoms with Crippen LogP contribution in [-0.4, -0.2) is 104 Å². The first-order valence-corrected chi connectivity index (χ1v) is 16.1. The van der Waals surface area contributed by atoms with Crippen molar-refractivity contribution in [2.45, 2.75) is 17.7 Å². The highest BCUT2D eigenvalue weighted by molar-refractivity contribution is 7.91. The maximum Gasteiger partial charge on any atom is 0.222 e. The van der Waals surface area contributed by atoms with Gasteiger partial charge in [0.05, 0.1) is 55.1 Å². The van der Waals surface area contributed by atoms with Gasteiger partial charge in [-0.1, -0.05) is 12.1 Å². The quantitative estimate of drug-likeness (QED) is 0.254. The first kappa shape index (κ1) is 29.1. The number of carbonyl (C=O) groups excluding carboxylic acids is 1. The van der Waals surface area contributed by atoms with Gasteiger partial charge in [0.15, 0.2) is 27.0 Å². The Bertz CT molecular complexity index is 1700. The summed E-state index contributed by atoms with van der Waals surface area (Å²) in [6.45, 7) is 4.99. The molecule has 4 aromatic rings. The Balaban J connectivity index is 1.17. The molecule has 226 valence electrons. The predicted molar refractivity (Wildman–Crippen MR) is 161 cm³/mol. The zero-order valence-corrected chi connectivity index (χ0v) is 25.0. The van der Waals surface area contributed by atoms with Gasteiger partial charge in [-0.25, -0.2) is 17.9 Å². The lowest BCUT2D eigenvalue weighted by Crippen LogP contribution is -2.39. The Morgan fingerprint density at radius 2 is 1.72 bits per heavy atom. The molecule has 4 heterocycles. The molecule has 0 atom stereocenters. The summed E-state index contributed by atoms with van der Waals surface area (Å²) < 4.78 is 44.6. The van der Waals surface area contributed by atoms with E-state index in [9.17, 15) is 13.2 Å². The van der Waals surface area contributed by atoms with Crippen molar-refractivity contribution in [1.29, 1.82) is 0 Å². The Morgan fingerprint density at radius 1 is 0.930 bits per heavy atom. The van der Waals surface area contributed by atoms with Gasteiger partial charge in [0.25, 0.3) is 0 Å². The third kappa shape index (κ3) is 6.51. The topological polar surface area (TPSA) is 116 Å². The van der Waals surface area contributed by atoms with E-state index in [1.165, 1.54) is 0 Å². The zero-order valence-electron chi connectivity index (χ0n) is 24.1. The van der Waals surface area contributed by atoms with Gasteiger partial charge in [0.2, 0.25) is 5.91 Å². The monoisotopic (exact) mass is 605 g/mol. The van der Waals surface area contributed by atoms with Crippen molar-refractivity contribution in [2.24, 2.45) is 0 Å². The fourth-order valence-corrected chi connectivity index (χ4v) is 6.69. The minimum atomic E-state index is -3.41. The normalized spacial score (nSPS) is 16.2. The number of aromatic nitrogens is 3. The van der Waals surface area contributed by atoms with E-state index in [1.54, 1.807) is 42.1 Å². The number of imidazole rings is 1. The number of amides is 1. The van der Waals surface area contributed by atoms with Gasteiger partial charge in [0, 0.05) is 43.7 Å². The molecular weight excluding hydrogens is 570 g/mol. The third-order valence-electron chi connectivity index (χ3n) is 7.90. The van der Waals surface area contributed by atoms with Crippen LogP contribution >= 0.6 is 0 Å². The summed E-state index contributed by atoms with van der Waals surface area (Å²) in [6.07, 6.45) is 3.24. The number of rotatable bonds is 11. The molecule has 0 N–H and O–H groups in total. The van der Waals surface area contributed by atoms with E-state index in [2.05, 4.69) is 9.88 Å². The highest BCUT2D eigenvalue weighted by Crippen LogP contribution is 2.32. The predicted octanol–water partition coefficient (Wildman–Crippen LogP) is 3.18. The van der Waals surface area contributed by atoms with Crippen LogP contribution in [0.25, 0.3) is 28.2 Å². The number of hydrogen-bond donors (Lipinski definition) is 0. The van der Waals surface area contributed by atoms with E-state index in [1.807, 2.05) is 35.2 Å². The Morgan fingerprint density at radius 3 is 2.47 bits per heavy atom. The lowest BCUT2D eigenvalue weighted by molar-refractivity contribution is -0.128. The molecular formula is C31H35N5O6S. The van der Waals surface area contributed by atoms with Crippen LogP contribution in [0.5, 0.6) is 11.5 Å². The molecule has 0 unspecified atom stereocenters. The number of carbonyl (C=O) groups is 1. The van der Waals surface area contributed by atoms with Gasteiger partial charge in [0.1, 0.15) is 6.61 Å². The van der Waals surface area contributed by atoms with Gasteiger partial charge in [-0.05, 0) is 48.9 Å². The zero-order chi connectivity index (χ0) is 29.8. The maximum atomic E-state index is 13.0. The average molecular weight is 606 g/mol. The summed E-state index contributed by atoms with van der Waals surface area (Å²) in [5.74, 6) is 1.41. The largest absolute Gasteiger partial charge is 0.493 e. The van der Waals surface area contributed by atoms with Crippen LogP contribution in [0.4, 0.5) is 0 Å². The summed E-state index contributed by atoms with van der Waals surface area (Å²) in [6, 6.07) is 16.3. The third-order valence-corrected chi connectivity index (χ3v) is 9.61. The summed E-state index contributed by atoms with van der Waals surface area (Å²) in [4.78, 5) is 20.6. The molecule has 2 fully saturated rings. The maximum absolute atomic E-state index is 13.0. The minimum absolute atomic E-state index is 0.0677. The number of fused-ring (bicyclic) bond motifs is 1. The molecule has 0 bridgehead atoms. The van der Waals surface area contributed by atoms with Crippen LogP contribution in [0.3, 0.4) is 0 Å². The fourth-order valence-electron chi connectivity index (χ4n) is 5.40. The molecule has 2 aliphatic heterocycles. The van der Waals surface area contributed by atoms with E-state index in [0.717, 1.165) is 42.9 Å². The molecule has 43 heavy (non-hydrogen) atoms. The smallest absolute Gasteiger partial charge is 0.222 e. The van der Waals surface area contributed by atoms with E-state index in [0.29, 0.717) is 67.1 Å². The number of likely N-dealkylation sites (tertiary alicyclic amines) is 1. The fraction of sp³-hybridized carbons (Fsp3) is 0.387. The first-order chi connectivity index (χ1) is 20.9.